The molecule has 0 aliphatic carbocycles. The maximum atomic E-state index is 5.28. The fraction of sp³-hybridized carbons (Fsp3) is 0.222. The highest BCUT2D eigenvalue weighted by Crippen LogP contribution is 2.11. The molecule has 0 N–H and O–H groups in total. The summed E-state index contributed by atoms with van der Waals surface area (Å²) in [5.41, 5.74) is 3.17. The lowest BCUT2D eigenvalue weighted by molar-refractivity contribution is 0.156. The molecule has 0 radical (unpaired) electrons. The molecule has 0 saturated heterocycles. The van der Waals surface area contributed by atoms with E-state index in [4.69, 9.17) is 9.68 Å². The summed E-state index contributed by atoms with van der Waals surface area (Å²) in [5.74, 6) is 0. The third-order valence-electron chi connectivity index (χ3n) is 2.89. The molecule has 0 fully saturated rings. The lowest BCUT2D eigenvalue weighted by Crippen LogP contribution is -2.18. The summed E-state index contributed by atoms with van der Waals surface area (Å²) in [4.78, 5) is 10.6. The molecule has 0 heterocycles. The van der Waals surface area contributed by atoms with Crippen LogP contribution in [-0.4, -0.2) is 24.6 Å². The summed E-state index contributed by atoms with van der Waals surface area (Å²) in [6.07, 6.45) is 0. The van der Waals surface area contributed by atoms with E-state index >= 15 is 0 Å². The first-order valence-electron chi connectivity index (χ1n) is 7.38. The summed E-state index contributed by atoms with van der Waals surface area (Å²) in [7, 11) is 0. The first-order chi connectivity index (χ1) is 10.9. The molecule has 0 atom stereocenters. The topological polar surface area (TPSA) is 43.2 Å². The molecule has 0 spiro atoms. The van der Waals surface area contributed by atoms with E-state index in [1.807, 2.05) is 74.5 Å². The molecule has 22 heavy (non-hydrogen) atoms. The van der Waals surface area contributed by atoms with E-state index in [1.54, 1.807) is 0 Å². The van der Waals surface area contributed by atoms with Gasteiger partial charge in [0, 0.05) is 11.1 Å². The Balaban J connectivity index is 2.49. The van der Waals surface area contributed by atoms with Gasteiger partial charge >= 0.3 is 0 Å². The van der Waals surface area contributed by atoms with Crippen LogP contribution in [0.1, 0.15) is 25.0 Å². The van der Waals surface area contributed by atoms with E-state index in [9.17, 15) is 0 Å². The highest BCUT2D eigenvalue weighted by atomic mass is 16.6. The number of rotatable bonds is 7. The molecule has 114 valence electrons. The van der Waals surface area contributed by atoms with Crippen molar-refractivity contribution in [3.63, 3.8) is 0 Å². The van der Waals surface area contributed by atoms with Crippen LogP contribution >= 0.6 is 0 Å². The van der Waals surface area contributed by atoms with Crippen molar-refractivity contribution < 1.29 is 9.68 Å². The monoisotopic (exact) mass is 296 g/mol. The molecule has 0 saturated carbocycles. The fourth-order valence-corrected chi connectivity index (χ4v) is 1.92. The minimum atomic E-state index is 0.493. The van der Waals surface area contributed by atoms with E-state index < -0.39 is 0 Å². The Hall–Kier alpha value is -2.62. The van der Waals surface area contributed by atoms with Crippen molar-refractivity contribution in [3.8, 4) is 0 Å². The molecule has 0 amide bonds. The Kier molecular flexibility index (Phi) is 6.18. The van der Waals surface area contributed by atoms with Crippen molar-refractivity contribution in [1.29, 1.82) is 0 Å². The Morgan fingerprint density at radius 1 is 0.682 bits per heavy atom. The molecule has 4 nitrogen and oxygen atoms in total. The Labute approximate surface area is 131 Å². The van der Waals surface area contributed by atoms with Crippen molar-refractivity contribution in [2.45, 2.75) is 13.8 Å². The predicted octanol–water partition coefficient (Wildman–Crippen LogP) is 3.87. The fourth-order valence-electron chi connectivity index (χ4n) is 1.92. The number of nitrogens with zero attached hydrogens (tertiary/aromatic N) is 2. The predicted molar refractivity (Wildman–Crippen MR) is 89.2 cm³/mol. The van der Waals surface area contributed by atoms with Gasteiger partial charge in [-0.25, -0.2) is 0 Å². The van der Waals surface area contributed by atoms with Crippen molar-refractivity contribution in [2.75, 3.05) is 13.2 Å². The van der Waals surface area contributed by atoms with Crippen LogP contribution in [0.2, 0.25) is 0 Å². The van der Waals surface area contributed by atoms with Gasteiger partial charge in [-0.05, 0) is 13.8 Å². The summed E-state index contributed by atoms with van der Waals surface area (Å²) < 4.78 is 0. The molecule has 2 rings (SSSR count). The zero-order valence-corrected chi connectivity index (χ0v) is 12.9. The van der Waals surface area contributed by atoms with E-state index in [0.717, 1.165) is 11.1 Å². The first-order valence-corrected chi connectivity index (χ1v) is 7.38. The number of hydrogen-bond donors (Lipinski definition) is 0. The quantitative estimate of drug-likeness (QED) is 0.575. The molecular weight excluding hydrogens is 276 g/mol. The van der Waals surface area contributed by atoms with Crippen LogP contribution in [0, 0.1) is 0 Å². The molecule has 0 aliphatic heterocycles. The lowest BCUT2D eigenvalue weighted by Gasteiger charge is -2.10. The number of oxime groups is 2. The second kappa shape index (κ2) is 8.62. The van der Waals surface area contributed by atoms with Crippen LogP contribution in [-0.2, 0) is 9.68 Å². The Morgan fingerprint density at radius 3 is 1.36 bits per heavy atom. The minimum Gasteiger partial charge on any atom is -0.396 e. The van der Waals surface area contributed by atoms with Gasteiger partial charge in [0.05, 0.1) is 0 Å². The van der Waals surface area contributed by atoms with Gasteiger partial charge in [-0.1, -0.05) is 71.0 Å². The second-order valence-electron chi connectivity index (χ2n) is 4.45. The summed E-state index contributed by atoms with van der Waals surface area (Å²) in [5, 5.41) is 8.50. The second-order valence-corrected chi connectivity index (χ2v) is 4.45. The van der Waals surface area contributed by atoms with Gasteiger partial charge in [0.1, 0.15) is 24.6 Å². The average Bonchev–Trinajstić information content (AvgIpc) is 2.59. The van der Waals surface area contributed by atoms with Crippen molar-refractivity contribution in [2.24, 2.45) is 10.3 Å². The van der Waals surface area contributed by atoms with Crippen LogP contribution < -0.4 is 0 Å². The largest absolute Gasteiger partial charge is 0.396 e. The summed E-state index contributed by atoms with van der Waals surface area (Å²) >= 11 is 0. The molecule has 0 bridgehead atoms. The van der Waals surface area contributed by atoms with Crippen LogP contribution in [0.3, 0.4) is 0 Å². The smallest absolute Gasteiger partial charge is 0.139 e. The van der Waals surface area contributed by atoms with Crippen LogP contribution in [0.5, 0.6) is 0 Å². The number of hydrogen-bond acceptors (Lipinski definition) is 4. The summed E-state index contributed by atoms with van der Waals surface area (Å²) in [6, 6.07) is 19.7. The van der Waals surface area contributed by atoms with Gasteiger partial charge in [-0.15, -0.1) is 0 Å². The average molecular weight is 296 g/mol. The van der Waals surface area contributed by atoms with Gasteiger partial charge in [0.25, 0.3) is 0 Å². The SMILES string of the molecule is CCO/N=C(/C(=N/OCC)c1ccccc1)c1ccccc1. The Bertz CT molecular complexity index is 565. The molecule has 0 aliphatic rings. The molecule has 4 heteroatoms. The maximum absolute atomic E-state index is 5.28. The molecular formula is C18H20N2O2. The van der Waals surface area contributed by atoms with Crippen molar-refractivity contribution >= 4 is 11.4 Å². The first kappa shape index (κ1) is 15.8. The van der Waals surface area contributed by atoms with E-state index in [0.29, 0.717) is 24.6 Å². The molecule has 2 aromatic rings. The third kappa shape index (κ3) is 4.19. The number of benzene rings is 2. The van der Waals surface area contributed by atoms with Gasteiger partial charge in [0.15, 0.2) is 0 Å². The van der Waals surface area contributed by atoms with Crippen LogP contribution in [0.4, 0.5) is 0 Å². The normalized spacial score (nSPS) is 12.1. The van der Waals surface area contributed by atoms with Crippen LogP contribution in [0.15, 0.2) is 71.0 Å². The zero-order chi connectivity index (χ0) is 15.6. The van der Waals surface area contributed by atoms with Gasteiger partial charge in [-0.2, -0.15) is 0 Å². The molecule has 0 unspecified atom stereocenters. The zero-order valence-electron chi connectivity index (χ0n) is 12.9. The van der Waals surface area contributed by atoms with Gasteiger partial charge in [-0.3, -0.25) is 0 Å². The van der Waals surface area contributed by atoms with Crippen molar-refractivity contribution in [3.05, 3.63) is 71.8 Å². The van der Waals surface area contributed by atoms with Crippen LogP contribution in [0.25, 0.3) is 0 Å². The Morgan fingerprint density at radius 2 is 1.05 bits per heavy atom. The molecule has 0 aromatic heterocycles. The maximum Gasteiger partial charge on any atom is 0.139 e. The van der Waals surface area contributed by atoms with E-state index in [2.05, 4.69) is 10.3 Å². The highest BCUT2D eigenvalue weighted by molar-refractivity contribution is 6.53. The van der Waals surface area contributed by atoms with Crippen molar-refractivity contribution in [1.82, 2.24) is 0 Å². The third-order valence-corrected chi connectivity index (χ3v) is 2.89. The molecule has 2 aromatic carbocycles. The minimum absolute atomic E-state index is 0.493. The van der Waals surface area contributed by atoms with Gasteiger partial charge < -0.3 is 9.68 Å². The standard InChI is InChI=1S/C18H20N2O2/c1-3-21-19-17(15-11-7-5-8-12-15)18(20-22-4-2)16-13-9-6-10-14-16/h5-14H,3-4H2,1-2H3/b19-17+,20-18+. The van der Waals surface area contributed by atoms with E-state index in [1.165, 1.54) is 0 Å². The summed E-state index contributed by atoms with van der Waals surface area (Å²) in [6.45, 7) is 4.78. The van der Waals surface area contributed by atoms with Gasteiger partial charge in [0.2, 0.25) is 0 Å². The van der Waals surface area contributed by atoms with E-state index in [-0.39, 0.29) is 0 Å². The highest BCUT2D eigenvalue weighted by Gasteiger charge is 2.16. The lowest BCUT2D eigenvalue weighted by atomic mass is 10.00.